The summed E-state index contributed by atoms with van der Waals surface area (Å²) in [6.45, 7) is 0.306. The molecule has 0 amide bonds. The van der Waals surface area contributed by atoms with Gasteiger partial charge in [-0.1, -0.05) is 12.1 Å². The van der Waals surface area contributed by atoms with Gasteiger partial charge in [-0.2, -0.15) is 39.5 Å². The number of rotatable bonds is 4. The number of alkyl halides is 10. The van der Waals surface area contributed by atoms with Gasteiger partial charge in [0.05, 0.1) is 12.2 Å². The van der Waals surface area contributed by atoms with Crippen molar-refractivity contribution in [2.45, 2.75) is 37.7 Å². The zero-order valence-corrected chi connectivity index (χ0v) is 15.6. The molecule has 0 aliphatic carbocycles. The highest BCUT2D eigenvalue weighted by atomic mass is 19.4. The maximum Gasteiger partial charge on any atom is 0.435 e. The quantitative estimate of drug-likeness (QED) is 0.440. The van der Waals surface area contributed by atoms with Crippen molar-refractivity contribution in [3.8, 4) is 11.1 Å². The van der Waals surface area contributed by atoms with Gasteiger partial charge in [-0.05, 0) is 47.4 Å². The molecule has 0 saturated carbocycles. The van der Waals surface area contributed by atoms with E-state index in [9.17, 15) is 48.3 Å². The molecular formula is C19H12F11O. The summed E-state index contributed by atoms with van der Waals surface area (Å²) >= 11 is 0. The molecule has 2 aromatic carbocycles. The molecule has 0 saturated heterocycles. The predicted molar refractivity (Wildman–Crippen MR) is 86.0 cm³/mol. The third-order valence-electron chi connectivity index (χ3n) is 4.28. The number of ether oxygens (including phenoxy) is 1. The van der Waals surface area contributed by atoms with Gasteiger partial charge in [0.2, 0.25) is 0 Å². The van der Waals surface area contributed by atoms with Crippen LogP contribution in [0.4, 0.5) is 48.3 Å². The third kappa shape index (κ3) is 4.48. The second-order valence-electron chi connectivity index (χ2n) is 6.50. The van der Waals surface area contributed by atoms with Gasteiger partial charge in [0, 0.05) is 12.7 Å². The highest BCUT2D eigenvalue weighted by Gasteiger charge is 2.74. The van der Waals surface area contributed by atoms with Gasteiger partial charge in [-0.15, -0.1) is 0 Å². The fraction of sp³-hybridized carbons (Fsp3) is 0.368. The topological polar surface area (TPSA) is 9.23 Å². The Balaban J connectivity index is 3.04. The van der Waals surface area contributed by atoms with Crippen LogP contribution in [0.3, 0.4) is 0 Å². The summed E-state index contributed by atoms with van der Waals surface area (Å²) in [4.78, 5) is 0. The average molecular weight is 465 g/mol. The van der Waals surface area contributed by atoms with E-state index < -0.39 is 64.4 Å². The molecule has 0 aliphatic rings. The van der Waals surface area contributed by atoms with Crippen molar-refractivity contribution in [3.63, 3.8) is 0 Å². The first-order valence-electron chi connectivity index (χ1n) is 8.19. The van der Waals surface area contributed by atoms with Crippen molar-refractivity contribution in [2.24, 2.45) is 0 Å². The molecule has 0 aromatic heterocycles. The zero-order chi connectivity index (χ0) is 24.0. The van der Waals surface area contributed by atoms with Crippen LogP contribution in [0.2, 0.25) is 0 Å². The van der Waals surface area contributed by atoms with Gasteiger partial charge in [0.25, 0.3) is 0 Å². The summed E-state index contributed by atoms with van der Waals surface area (Å²) in [6, 6.07) is 3.27. The maximum absolute atomic E-state index is 14.9. The van der Waals surface area contributed by atoms with Gasteiger partial charge < -0.3 is 4.74 Å². The molecule has 12 heteroatoms. The first-order valence-corrected chi connectivity index (χ1v) is 8.19. The molecular weight excluding hydrogens is 453 g/mol. The molecule has 2 aromatic rings. The second-order valence-corrected chi connectivity index (χ2v) is 6.50. The Bertz CT molecular complexity index is 941. The number of halogens is 11. The van der Waals surface area contributed by atoms with Crippen LogP contribution in [0.1, 0.15) is 22.3 Å². The lowest BCUT2D eigenvalue weighted by molar-refractivity contribution is -0.348. The van der Waals surface area contributed by atoms with E-state index in [1.54, 1.807) is 0 Å². The third-order valence-corrected chi connectivity index (χ3v) is 4.28. The van der Waals surface area contributed by atoms with Crippen molar-refractivity contribution in [1.82, 2.24) is 0 Å². The lowest BCUT2D eigenvalue weighted by Crippen LogP contribution is -2.50. The molecule has 2 rings (SSSR count). The fourth-order valence-corrected chi connectivity index (χ4v) is 3.01. The van der Waals surface area contributed by atoms with Crippen molar-refractivity contribution in [1.29, 1.82) is 0 Å². The minimum Gasteiger partial charge on any atom is -0.380 e. The normalized spacial score (nSPS) is 13.6. The SMILES string of the molecule is COCc1[c]c(C)cc(C(F)(C(F)(F)F)C(F)(F)F)c1-c1ccc(F)c(C(F)(F)F)c1. The highest BCUT2D eigenvalue weighted by Crippen LogP contribution is 2.56. The van der Waals surface area contributed by atoms with E-state index in [1.165, 1.54) is 0 Å². The molecule has 1 nitrogen and oxygen atoms in total. The first-order chi connectivity index (χ1) is 13.9. The van der Waals surface area contributed by atoms with Gasteiger partial charge >= 0.3 is 24.2 Å². The lowest BCUT2D eigenvalue weighted by atomic mass is 9.83. The molecule has 0 unspecified atom stereocenters. The number of methoxy groups -OCH3 is 1. The molecule has 1 radical (unpaired) electrons. The molecule has 0 spiro atoms. The summed E-state index contributed by atoms with van der Waals surface area (Å²) in [6.07, 6.45) is -18.4. The Kier molecular flexibility index (Phi) is 6.39. The van der Waals surface area contributed by atoms with E-state index in [1.807, 2.05) is 0 Å². The second kappa shape index (κ2) is 7.95. The van der Waals surface area contributed by atoms with E-state index in [4.69, 9.17) is 4.74 Å². The van der Waals surface area contributed by atoms with Crippen molar-refractivity contribution < 1.29 is 53.0 Å². The predicted octanol–water partition coefficient (Wildman–Crippen LogP) is 7.06. The zero-order valence-electron chi connectivity index (χ0n) is 15.6. The van der Waals surface area contributed by atoms with Crippen LogP contribution >= 0.6 is 0 Å². The van der Waals surface area contributed by atoms with Crippen LogP contribution in [0.5, 0.6) is 0 Å². The fourth-order valence-electron chi connectivity index (χ4n) is 3.01. The Morgan fingerprint density at radius 2 is 1.39 bits per heavy atom. The summed E-state index contributed by atoms with van der Waals surface area (Å²) in [5.41, 5.74) is -13.0. The molecule has 0 atom stereocenters. The van der Waals surface area contributed by atoms with E-state index in [0.29, 0.717) is 6.07 Å². The molecule has 31 heavy (non-hydrogen) atoms. The monoisotopic (exact) mass is 465 g/mol. The highest BCUT2D eigenvalue weighted by molar-refractivity contribution is 5.74. The van der Waals surface area contributed by atoms with Crippen LogP contribution in [0.25, 0.3) is 11.1 Å². The molecule has 171 valence electrons. The van der Waals surface area contributed by atoms with E-state index in [-0.39, 0.29) is 23.8 Å². The van der Waals surface area contributed by atoms with E-state index in [2.05, 4.69) is 6.07 Å². The lowest BCUT2D eigenvalue weighted by Gasteiger charge is -2.33. The van der Waals surface area contributed by atoms with Gasteiger partial charge in [-0.3, -0.25) is 0 Å². The van der Waals surface area contributed by atoms with Crippen LogP contribution in [0.15, 0.2) is 24.3 Å². The summed E-state index contributed by atoms with van der Waals surface area (Å²) < 4.78 is 153. The van der Waals surface area contributed by atoms with Crippen molar-refractivity contribution >= 4 is 0 Å². The average Bonchev–Trinajstić information content (AvgIpc) is 2.58. The van der Waals surface area contributed by atoms with Crippen LogP contribution in [-0.2, 0) is 23.2 Å². The van der Waals surface area contributed by atoms with E-state index >= 15 is 0 Å². The Labute approximate surface area is 168 Å². The van der Waals surface area contributed by atoms with Gasteiger partial charge in [-0.25, -0.2) is 8.78 Å². The number of benzene rings is 2. The Hall–Kier alpha value is -2.37. The van der Waals surface area contributed by atoms with Crippen LogP contribution in [-0.4, -0.2) is 19.5 Å². The molecule has 0 N–H and O–H groups in total. The Morgan fingerprint density at radius 3 is 1.84 bits per heavy atom. The van der Waals surface area contributed by atoms with Crippen molar-refractivity contribution in [2.75, 3.05) is 7.11 Å². The Morgan fingerprint density at radius 1 is 0.839 bits per heavy atom. The summed E-state index contributed by atoms with van der Waals surface area (Å²) in [7, 11) is 1.00. The first kappa shape index (κ1) is 24.9. The standard InChI is InChI=1S/C19H12F11O/c1-9-5-11(8-31-2)15(10-3-4-14(20)12(7-10)17(22,23)24)13(6-9)16(21,18(25,26)27)19(28,29)30/h3-4,6-7H,8H2,1-2H3. The molecule has 0 fully saturated rings. The minimum atomic E-state index is -6.52. The molecule has 0 heterocycles. The van der Waals surface area contributed by atoms with Gasteiger partial charge in [0.1, 0.15) is 5.82 Å². The largest absolute Gasteiger partial charge is 0.435 e. The maximum atomic E-state index is 14.9. The molecule has 0 aliphatic heterocycles. The van der Waals surface area contributed by atoms with Crippen LogP contribution in [0, 0.1) is 18.8 Å². The van der Waals surface area contributed by atoms with Gasteiger partial charge in [0.15, 0.2) is 0 Å². The summed E-state index contributed by atoms with van der Waals surface area (Å²) in [5, 5.41) is 0. The minimum absolute atomic E-state index is 0.00364. The number of hydrogen-bond donors (Lipinski definition) is 0. The summed E-state index contributed by atoms with van der Waals surface area (Å²) in [5.74, 6) is -1.82. The van der Waals surface area contributed by atoms with E-state index in [0.717, 1.165) is 14.0 Å². The van der Waals surface area contributed by atoms with Crippen molar-refractivity contribution in [3.05, 3.63) is 58.4 Å². The number of hydrogen-bond acceptors (Lipinski definition) is 1. The molecule has 0 bridgehead atoms. The van der Waals surface area contributed by atoms with Crippen LogP contribution < -0.4 is 0 Å². The smallest absolute Gasteiger partial charge is 0.380 e. The number of aryl methyl sites for hydroxylation is 1.